The van der Waals surface area contributed by atoms with Crippen molar-refractivity contribution < 1.29 is 52.2 Å². The molecule has 10 aromatic carbocycles. The summed E-state index contributed by atoms with van der Waals surface area (Å²) in [6.45, 7) is 0. The molecule has 0 aliphatic carbocycles. The van der Waals surface area contributed by atoms with Gasteiger partial charge in [0.15, 0.2) is 0 Å². The number of carbonyl (C=O) groups excluding carboxylic acids is 2. The zero-order valence-corrected chi connectivity index (χ0v) is 55.8. The van der Waals surface area contributed by atoms with Crippen LogP contribution in [0, 0.1) is 0 Å². The highest BCUT2D eigenvalue weighted by molar-refractivity contribution is 8.13. The van der Waals surface area contributed by atoms with Crippen LogP contribution in [-0.2, 0) is 56.3 Å². The first-order chi connectivity index (χ1) is 45.1. The number of methoxy groups -OCH3 is 1. The van der Waals surface area contributed by atoms with E-state index in [0.29, 0.717) is 5.17 Å². The molecule has 14 nitrogen and oxygen atoms in total. The van der Waals surface area contributed by atoms with Gasteiger partial charge in [-0.3, -0.25) is 42.9 Å². The van der Waals surface area contributed by atoms with Gasteiger partial charge in [0.1, 0.15) is 17.3 Å². The Labute approximate surface area is 566 Å². The van der Waals surface area contributed by atoms with Gasteiger partial charge in [0.2, 0.25) is 5.91 Å². The lowest BCUT2D eigenvalue weighted by molar-refractivity contribution is -0.137. The molecule has 0 aliphatic heterocycles. The highest BCUT2D eigenvalue weighted by atomic mass is 32.2. The Morgan fingerprint density at radius 1 is 0.372 bits per heavy atom. The Kier molecular flexibility index (Phi) is 33.7. The fourth-order valence-corrected chi connectivity index (χ4v) is 15.5. The highest BCUT2D eigenvalue weighted by Crippen LogP contribution is 2.37. The SMILES string of the molecule is COC(=O)CS(=O)C(c1ccccc1)c1ccccc1.N.NC(=O)CS(=O)C(c1ccccc1)c1ccccc1.NC(=[NH2+])SC(c1ccccc1)c1ccccc1.O=C(O)CS(=O)C(c1ccccc1)c1ccccc1.O=C(O)CSC(c1ccccc1)c1ccccc1. The molecule has 11 N–H and O–H groups in total. The zero-order chi connectivity index (χ0) is 66.6. The van der Waals surface area contributed by atoms with Crippen LogP contribution in [0.4, 0.5) is 0 Å². The molecular formula is C75H77N4O10S5+. The molecule has 0 radical (unpaired) electrons. The third-order valence-corrected chi connectivity index (χ3v) is 20.7. The largest absolute Gasteiger partial charge is 0.481 e. The first-order valence-corrected chi connectivity index (χ1v) is 35.3. The van der Waals surface area contributed by atoms with Crippen molar-refractivity contribution in [1.29, 1.82) is 0 Å². The molecule has 0 fully saturated rings. The van der Waals surface area contributed by atoms with Gasteiger partial charge >= 0.3 is 23.1 Å². The number of thioether (sulfide) groups is 2. The summed E-state index contributed by atoms with van der Waals surface area (Å²) < 4.78 is 41.8. The number of amidine groups is 1. The van der Waals surface area contributed by atoms with E-state index in [1.165, 1.54) is 41.8 Å². The first kappa shape index (κ1) is 75.4. The number of hydrogen-bond donors (Lipinski definition) is 6. The van der Waals surface area contributed by atoms with Gasteiger partial charge in [0.05, 0.1) is 39.1 Å². The molecule has 0 aromatic heterocycles. The molecule has 0 aliphatic rings. The number of benzene rings is 10. The molecule has 0 heterocycles. The van der Waals surface area contributed by atoms with Crippen molar-refractivity contribution in [1.82, 2.24) is 6.15 Å². The standard InChI is InChI=1S/C16H16O3S.C15H15NO2S.C15H14O3S.C15H14O2S.C14H14N2S.H3N/c1-19-15(17)12-20(18)16(13-8-4-2-5-9-13)14-10-6-3-7-11-14;2*16-14(17)11-19(18)15(12-7-3-1-4-8-12)13-9-5-2-6-10-13;16-14(17)11-18-15(12-7-3-1-4-8-12)13-9-5-2-6-10-13;15-14(16)17-13(11-7-3-1-4-8-11)12-9-5-2-6-10-12;/h2-11,16H,12H2,1H3;1-10,15H,11H2,(H2,16,17);1-10,15H,11H2,(H,16,17);1-10,15H,11H2,(H,16,17);1-10,13H,(H3,15,16);1H3/p+1. The van der Waals surface area contributed by atoms with E-state index in [1.54, 1.807) is 0 Å². The van der Waals surface area contributed by atoms with Crippen molar-refractivity contribution in [2.24, 2.45) is 11.5 Å². The molecule has 3 unspecified atom stereocenters. The molecule has 10 rings (SSSR count). The predicted octanol–water partition coefficient (Wildman–Crippen LogP) is 12.7. The Hall–Kier alpha value is -9.34. The van der Waals surface area contributed by atoms with E-state index in [1.807, 2.05) is 279 Å². The van der Waals surface area contributed by atoms with Crippen LogP contribution >= 0.6 is 23.5 Å². The molecule has 1 amide bonds. The molecule has 486 valence electrons. The molecule has 19 heteroatoms. The lowest BCUT2D eigenvalue weighted by Crippen LogP contribution is -2.43. The van der Waals surface area contributed by atoms with Crippen molar-refractivity contribution in [2.75, 3.05) is 30.1 Å². The number of carboxylic acid groups (broad SMARTS) is 2. The fourth-order valence-electron chi connectivity index (χ4n) is 9.46. The number of nitrogens with two attached hydrogens (primary N) is 3. The fraction of sp³-hybridized carbons (Fsp3) is 0.133. The lowest BCUT2D eigenvalue weighted by Gasteiger charge is -2.17. The van der Waals surface area contributed by atoms with Crippen molar-refractivity contribution in [3.8, 4) is 0 Å². The smallest absolute Gasteiger partial charge is 0.318 e. The number of carboxylic acids is 2. The molecule has 0 spiro atoms. The summed E-state index contributed by atoms with van der Waals surface area (Å²) in [7, 11) is -2.91. The van der Waals surface area contributed by atoms with Crippen molar-refractivity contribution in [3.05, 3.63) is 359 Å². The Morgan fingerprint density at radius 2 is 0.596 bits per heavy atom. The summed E-state index contributed by atoms with van der Waals surface area (Å²) in [4.78, 5) is 43.9. The normalized spacial score (nSPS) is 11.4. The maximum atomic E-state index is 12.5. The van der Waals surface area contributed by atoms with E-state index in [4.69, 9.17) is 27.1 Å². The van der Waals surface area contributed by atoms with Gasteiger partial charge in [0.25, 0.3) is 0 Å². The average Bonchev–Trinajstić information content (AvgIpc) is 1.34. The summed E-state index contributed by atoms with van der Waals surface area (Å²) in [6, 6.07) is 97.3. The minimum absolute atomic E-state index is 0. The number of hydrogen-bond acceptors (Lipinski definition) is 11. The Bertz CT molecular complexity index is 3600. The summed E-state index contributed by atoms with van der Waals surface area (Å²) in [5, 5.41) is 22.9. The molecule has 94 heavy (non-hydrogen) atoms. The van der Waals surface area contributed by atoms with Gasteiger partial charge in [0, 0.05) is 32.4 Å². The van der Waals surface area contributed by atoms with Gasteiger partial charge in [-0.1, -0.05) is 303 Å². The van der Waals surface area contributed by atoms with E-state index in [-0.39, 0.29) is 50.2 Å². The van der Waals surface area contributed by atoms with Gasteiger partial charge < -0.3 is 26.8 Å². The molecule has 0 saturated carbocycles. The third-order valence-electron chi connectivity index (χ3n) is 13.5. The van der Waals surface area contributed by atoms with E-state index in [0.717, 1.165) is 44.5 Å². The van der Waals surface area contributed by atoms with Crippen LogP contribution in [0.2, 0.25) is 0 Å². The molecule has 10 aromatic rings. The minimum Gasteiger partial charge on any atom is -0.481 e. The number of primary amides is 1. The van der Waals surface area contributed by atoms with Crippen LogP contribution in [0.15, 0.2) is 303 Å². The lowest BCUT2D eigenvalue weighted by atomic mass is 10.0. The predicted molar refractivity (Wildman–Crippen MR) is 385 cm³/mol. The second-order valence-corrected chi connectivity index (χ2v) is 27.1. The zero-order valence-electron chi connectivity index (χ0n) is 51.7. The quantitative estimate of drug-likeness (QED) is 0.0197. The van der Waals surface area contributed by atoms with Gasteiger partial charge in [-0.2, -0.15) is 0 Å². The summed E-state index contributed by atoms with van der Waals surface area (Å²) in [5.41, 5.74) is 20.9. The van der Waals surface area contributed by atoms with Crippen molar-refractivity contribution in [3.63, 3.8) is 0 Å². The third kappa shape index (κ3) is 26.0. The maximum absolute atomic E-state index is 12.5. The minimum atomic E-state index is -1.49. The number of carbonyl (C=O) groups is 4. The van der Waals surface area contributed by atoms with Crippen LogP contribution in [0.3, 0.4) is 0 Å². The number of esters is 1. The van der Waals surface area contributed by atoms with Crippen LogP contribution in [-0.4, -0.2) is 81.9 Å². The topological polar surface area (TPSA) is 282 Å². The van der Waals surface area contributed by atoms with Gasteiger partial charge in [-0.15, -0.1) is 11.8 Å². The molecule has 0 bridgehead atoms. The first-order valence-electron chi connectivity index (χ1n) is 29.2. The number of amides is 1. The molecule has 3 atom stereocenters. The van der Waals surface area contributed by atoms with Crippen LogP contribution in [0.1, 0.15) is 81.9 Å². The Morgan fingerprint density at radius 3 is 0.809 bits per heavy atom. The highest BCUT2D eigenvalue weighted by Gasteiger charge is 2.26. The van der Waals surface area contributed by atoms with Crippen molar-refractivity contribution >= 4 is 84.9 Å². The monoisotopic (exact) mass is 1350 g/mol. The summed E-state index contributed by atoms with van der Waals surface area (Å²) in [6.07, 6.45) is 0. The van der Waals surface area contributed by atoms with Crippen molar-refractivity contribution in [2.45, 2.75) is 26.2 Å². The summed E-state index contributed by atoms with van der Waals surface area (Å²) >= 11 is 2.91. The summed E-state index contributed by atoms with van der Waals surface area (Å²) in [5.74, 6) is -3.31. The van der Waals surface area contributed by atoms with Crippen LogP contribution < -0.4 is 23.0 Å². The van der Waals surface area contributed by atoms with Crippen LogP contribution in [0.25, 0.3) is 0 Å². The van der Waals surface area contributed by atoms with Gasteiger partial charge in [-0.25, -0.2) is 0 Å². The van der Waals surface area contributed by atoms with Gasteiger partial charge in [-0.05, 0) is 67.4 Å². The molecule has 0 saturated heterocycles. The number of aliphatic carboxylic acids is 2. The van der Waals surface area contributed by atoms with E-state index < -0.39 is 61.5 Å². The van der Waals surface area contributed by atoms with E-state index in [2.05, 4.69) is 29.0 Å². The second kappa shape index (κ2) is 42.0. The molecular weight excluding hydrogens is 1280 g/mol. The second-order valence-electron chi connectivity index (χ2n) is 20.2. The maximum Gasteiger partial charge on any atom is 0.318 e. The van der Waals surface area contributed by atoms with E-state index >= 15 is 0 Å². The number of rotatable bonds is 23. The Balaban J connectivity index is 0.000000212. The number of ether oxygens (including phenoxy) is 1. The van der Waals surface area contributed by atoms with E-state index in [9.17, 15) is 31.8 Å². The average molecular weight is 1350 g/mol. The van der Waals surface area contributed by atoms with Crippen LogP contribution in [0.5, 0.6) is 0 Å².